The highest BCUT2D eigenvalue weighted by atomic mass is 79.9. The van der Waals surface area contributed by atoms with Gasteiger partial charge in [-0.2, -0.15) is 0 Å². The van der Waals surface area contributed by atoms with Crippen LogP contribution in [0.1, 0.15) is 24.2 Å². The standard InChI is InChI=1S/C13H15BrN2O/c1-8(2)13(17)16-7-9(6-15)11-4-3-10(14)5-12(11)16/h3-5,7-8H,6,15H2,1-2H3. The van der Waals surface area contributed by atoms with Crippen LogP contribution in [0.2, 0.25) is 0 Å². The number of fused-ring (bicyclic) bond motifs is 1. The molecule has 0 aliphatic rings. The highest BCUT2D eigenvalue weighted by Gasteiger charge is 2.15. The van der Waals surface area contributed by atoms with Crippen molar-refractivity contribution < 1.29 is 4.79 Å². The van der Waals surface area contributed by atoms with E-state index < -0.39 is 0 Å². The van der Waals surface area contributed by atoms with Crippen LogP contribution in [-0.2, 0) is 6.54 Å². The van der Waals surface area contributed by atoms with Gasteiger partial charge in [-0.15, -0.1) is 0 Å². The lowest BCUT2D eigenvalue weighted by Crippen LogP contribution is -2.15. The van der Waals surface area contributed by atoms with Crippen LogP contribution < -0.4 is 5.73 Å². The first-order chi connectivity index (χ1) is 8.04. The molecule has 0 bridgehead atoms. The molecule has 90 valence electrons. The minimum absolute atomic E-state index is 0.0322. The molecule has 1 aromatic heterocycles. The number of halogens is 1. The zero-order valence-corrected chi connectivity index (χ0v) is 11.5. The van der Waals surface area contributed by atoms with Crippen LogP contribution >= 0.6 is 15.9 Å². The molecule has 0 atom stereocenters. The molecule has 0 spiro atoms. The summed E-state index contributed by atoms with van der Waals surface area (Å²) in [6.45, 7) is 4.24. The van der Waals surface area contributed by atoms with E-state index >= 15 is 0 Å². The average molecular weight is 295 g/mol. The van der Waals surface area contributed by atoms with Gasteiger partial charge in [0.05, 0.1) is 5.52 Å². The molecule has 1 aromatic carbocycles. The zero-order valence-electron chi connectivity index (χ0n) is 9.90. The lowest BCUT2D eigenvalue weighted by molar-refractivity contribution is 0.0860. The molecular formula is C13H15BrN2O. The van der Waals surface area contributed by atoms with Crippen LogP contribution in [0.5, 0.6) is 0 Å². The van der Waals surface area contributed by atoms with E-state index in [-0.39, 0.29) is 11.8 Å². The van der Waals surface area contributed by atoms with Crippen molar-refractivity contribution in [2.75, 3.05) is 0 Å². The van der Waals surface area contributed by atoms with Crippen molar-refractivity contribution in [2.24, 2.45) is 11.7 Å². The third-order valence-electron chi connectivity index (χ3n) is 2.80. The van der Waals surface area contributed by atoms with Gasteiger partial charge in [0, 0.05) is 28.5 Å². The van der Waals surface area contributed by atoms with E-state index in [1.807, 2.05) is 38.2 Å². The minimum Gasteiger partial charge on any atom is -0.326 e. The number of nitrogens with zero attached hydrogens (tertiary/aromatic N) is 1. The van der Waals surface area contributed by atoms with Crippen molar-refractivity contribution in [3.8, 4) is 0 Å². The summed E-state index contributed by atoms with van der Waals surface area (Å²) in [5.41, 5.74) is 7.62. The van der Waals surface area contributed by atoms with Gasteiger partial charge in [-0.05, 0) is 17.7 Å². The van der Waals surface area contributed by atoms with Crippen molar-refractivity contribution in [2.45, 2.75) is 20.4 Å². The van der Waals surface area contributed by atoms with Gasteiger partial charge in [-0.1, -0.05) is 35.8 Å². The first-order valence-electron chi connectivity index (χ1n) is 5.58. The summed E-state index contributed by atoms with van der Waals surface area (Å²) < 4.78 is 2.66. The van der Waals surface area contributed by atoms with Crippen molar-refractivity contribution >= 4 is 32.7 Å². The fourth-order valence-corrected chi connectivity index (χ4v) is 2.24. The molecule has 0 saturated heterocycles. The van der Waals surface area contributed by atoms with Gasteiger partial charge < -0.3 is 5.73 Å². The average Bonchev–Trinajstić information content (AvgIpc) is 2.65. The molecule has 0 aliphatic heterocycles. The molecule has 0 unspecified atom stereocenters. The molecular weight excluding hydrogens is 280 g/mol. The van der Waals surface area contributed by atoms with Crippen LogP contribution in [-0.4, -0.2) is 10.5 Å². The number of aromatic nitrogens is 1. The Morgan fingerprint density at radius 1 is 1.47 bits per heavy atom. The first kappa shape index (κ1) is 12.3. The lowest BCUT2D eigenvalue weighted by atomic mass is 10.2. The normalized spacial score (nSPS) is 11.4. The summed E-state index contributed by atoms with van der Waals surface area (Å²) in [6, 6.07) is 5.91. The second-order valence-corrected chi connectivity index (χ2v) is 5.30. The maximum absolute atomic E-state index is 12.1. The fourth-order valence-electron chi connectivity index (χ4n) is 1.89. The lowest BCUT2D eigenvalue weighted by Gasteiger charge is -2.06. The van der Waals surface area contributed by atoms with Crippen molar-refractivity contribution in [1.82, 2.24) is 4.57 Å². The van der Waals surface area contributed by atoms with Crippen LogP contribution in [0.4, 0.5) is 0 Å². The van der Waals surface area contributed by atoms with Gasteiger partial charge in [0.25, 0.3) is 0 Å². The molecule has 0 radical (unpaired) electrons. The second kappa shape index (κ2) is 4.63. The number of rotatable bonds is 2. The third-order valence-corrected chi connectivity index (χ3v) is 3.29. The Hall–Kier alpha value is -1.13. The van der Waals surface area contributed by atoms with E-state index in [1.54, 1.807) is 4.57 Å². The largest absolute Gasteiger partial charge is 0.326 e. The Morgan fingerprint density at radius 2 is 2.18 bits per heavy atom. The van der Waals surface area contributed by atoms with Gasteiger partial charge in [0.2, 0.25) is 5.91 Å². The Balaban J connectivity index is 2.71. The van der Waals surface area contributed by atoms with Crippen LogP contribution in [0.25, 0.3) is 10.9 Å². The molecule has 17 heavy (non-hydrogen) atoms. The molecule has 4 heteroatoms. The van der Waals surface area contributed by atoms with E-state index in [9.17, 15) is 4.79 Å². The molecule has 0 amide bonds. The van der Waals surface area contributed by atoms with Crippen molar-refractivity contribution in [3.63, 3.8) is 0 Å². The molecule has 0 fully saturated rings. The highest BCUT2D eigenvalue weighted by Crippen LogP contribution is 2.25. The van der Waals surface area contributed by atoms with E-state index in [0.717, 1.165) is 20.9 Å². The maximum Gasteiger partial charge on any atom is 0.233 e. The van der Waals surface area contributed by atoms with Crippen LogP contribution in [0.3, 0.4) is 0 Å². The zero-order chi connectivity index (χ0) is 12.6. The summed E-state index contributed by atoms with van der Waals surface area (Å²) >= 11 is 3.43. The third kappa shape index (κ3) is 2.15. The van der Waals surface area contributed by atoms with Gasteiger partial charge in [0.15, 0.2) is 0 Å². The number of hydrogen-bond donors (Lipinski definition) is 1. The number of benzene rings is 1. The summed E-state index contributed by atoms with van der Waals surface area (Å²) in [5.74, 6) is 0.0583. The SMILES string of the molecule is CC(C)C(=O)n1cc(CN)c2ccc(Br)cc21. The predicted molar refractivity (Wildman–Crippen MR) is 73.0 cm³/mol. The second-order valence-electron chi connectivity index (χ2n) is 4.38. The van der Waals surface area contributed by atoms with Gasteiger partial charge >= 0.3 is 0 Å². The number of carbonyl (C=O) groups is 1. The van der Waals surface area contributed by atoms with E-state index in [2.05, 4.69) is 15.9 Å². The molecule has 3 nitrogen and oxygen atoms in total. The summed E-state index contributed by atoms with van der Waals surface area (Å²) in [7, 11) is 0. The molecule has 0 aliphatic carbocycles. The molecule has 2 N–H and O–H groups in total. The molecule has 0 saturated carbocycles. The van der Waals surface area contributed by atoms with Gasteiger partial charge in [-0.25, -0.2) is 0 Å². The quantitative estimate of drug-likeness (QED) is 0.925. The summed E-state index contributed by atoms with van der Waals surface area (Å²) in [4.78, 5) is 12.1. The Bertz CT molecular complexity index is 572. The molecule has 2 aromatic rings. The fraction of sp³-hybridized carbons (Fsp3) is 0.308. The summed E-state index contributed by atoms with van der Waals surface area (Å²) in [5, 5.41) is 1.05. The monoisotopic (exact) mass is 294 g/mol. The molecule has 2 rings (SSSR count). The number of hydrogen-bond acceptors (Lipinski definition) is 2. The Morgan fingerprint density at radius 3 is 2.76 bits per heavy atom. The minimum atomic E-state index is -0.0322. The first-order valence-corrected chi connectivity index (χ1v) is 6.37. The van der Waals surface area contributed by atoms with Gasteiger partial charge in [0.1, 0.15) is 0 Å². The van der Waals surface area contributed by atoms with Crippen molar-refractivity contribution in [3.05, 3.63) is 34.4 Å². The van der Waals surface area contributed by atoms with E-state index in [1.165, 1.54) is 0 Å². The van der Waals surface area contributed by atoms with E-state index in [4.69, 9.17) is 5.73 Å². The smallest absolute Gasteiger partial charge is 0.233 e. The Kier molecular flexibility index (Phi) is 3.35. The maximum atomic E-state index is 12.1. The predicted octanol–water partition coefficient (Wildman–Crippen LogP) is 3.16. The van der Waals surface area contributed by atoms with E-state index in [0.29, 0.717) is 6.54 Å². The number of carbonyl (C=O) groups excluding carboxylic acids is 1. The Labute approximate surface area is 109 Å². The summed E-state index contributed by atoms with van der Waals surface area (Å²) in [6.07, 6.45) is 1.85. The van der Waals surface area contributed by atoms with Gasteiger partial charge in [-0.3, -0.25) is 9.36 Å². The van der Waals surface area contributed by atoms with Crippen LogP contribution in [0, 0.1) is 5.92 Å². The van der Waals surface area contributed by atoms with Crippen molar-refractivity contribution in [1.29, 1.82) is 0 Å². The highest BCUT2D eigenvalue weighted by molar-refractivity contribution is 9.10. The topological polar surface area (TPSA) is 48.0 Å². The number of nitrogens with two attached hydrogens (primary N) is 1. The van der Waals surface area contributed by atoms with Crippen LogP contribution in [0.15, 0.2) is 28.9 Å². The molecule has 1 heterocycles.